The zero-order chi connectivity index (χ0) is 11.3. The molecule has 0 bridgehead atoms. The normalized spacial score (nSPS) is 12.0. The maximum absolute atomic E-state index is 5.40. The molecule has 0 aromatic carbocycles. The summed E-state index contributed by atoms with van der Waals surface area (Å²) in [4.78, 5) is 4.35. The van der Waals surface area contributed by atoms with Gasteiger partial charge in [0.1, 0.15) is 5.82 Å². The number of methoxy groups -OCH3 is 1. The Labute approximate surface area is 92.5 Å². The first kappa shape index (κ1) is 12.2. The Balaban J connectivity index is 2.53. The van der Waals surface area contributed by atoms with E-state index in [1.54, 1.807) is 7.11 Å². The number of hydrogen-bond acceptors (Lipinski definition) is 2. The maximum Gasteiger partial charge on any atom is 0.108 e. The average molecular weight is 210 g/mol. The fourth-order valence-corrected chi connectivity index (χ4v) is 1.49. The number of hydrogen-bond donors (Lipinski definition) is 0. The Kier molecular flexibility index (Phi) is 4.33. The van der Waals surface area contributed by atoms with Crippen LogP contribution in [0.3, 0.4) is 0 Å². The third-order valence-electron chi connectivity index (χ3n) is 2.78. The first-order chi connectivity index (χ1) is 7.09. The fourth-order valence-electron chi connectivity index (χ4n) is 1.49. The van der Waals surface area contributed by atoms with Crippen molar-refractivity contribution >= 4 is 0 Å². The maximum atomic E-state index is 5.40. The summed E-state index contributed by atoms with van der Waals surface area (Å²) in [7, 11) is 1.76. The van der Waals surface area contributed by atoms with Gasteiger partial charge < -0.3 is 9.30 Å². The highest BCUT2D eigenvalue weighted by atomic mass is 16.5. The van der Waals surface area contributed by atoms with Crippen LogP contribution in [0.1, 0.15) is 39.4 Å². The zero-order valence-electron chi connectivity index (χ0n) is 10.3. The molecule has 1 aromatic rings. The Morgan fingerprint density at radius 3 is 2.80 bits per heavy atom. The van der Waals surface area contributed by atoms with Gasteiger partial charge in [0.05, 0.1) is 5.60 Å². The van der Waals surface area contributed by atoms with Crippen LogP contribution < -0.4 is 0 Å². The minimum absolute atomic E-state index is 0.0479. The molecule has 0 saturated carbocycles. The number of rotatable bonds is 6. The van der Waals surface area contributed by atoms with E-state index in [1.165, 1.54) is 5.82 Å². The van der Waals surface area contributed by atoms with Crippen molar-refractivity contribution in [3.63, 3.8) is 0 Å². The van der Waals surface area contributed by atoms with Crippen LogP contribution in [0.5, 0.6) is 0 Å². The molecule has 1 heterocycles. The van der Waals surface area contributed by atoms with Crippen molar-refractivity contribution in [2.75, 3.05) is 7.11 Å². The molecule has 0 fully saturated rings. The summed E-state index contributed by atoms with van der Waals surface area (Å²) in [6.45, 7) is 7.39. The van der Waals surface area contributed by atoms with Gasteiger partial charge in [-0.25, -0.2) is 4.98 Å². The van der Waals surface area contributed by atoms with Crippen LogP contribution in [0, 0.1) is 0 Å². The van der Waals surface area contributed by atoms with Gasteiger partial charge in [-0.3, -0.25) is 0 Å². The minimum Gasteiger partial charge on any atom is -0.379 e. The summed E-state index contributed by atoms with van der Waals surface area (Å²) in [5.41, 5.74) is -0.0479. The first-order valence-corrected chi connectivity index (χ1v) is 5.64. The lowest BCUT2D eigenvalue weighted by atomic mass is 10.1. The van der Waals surface area contributed by atoms with Gasteiger partial charge in [-0.05, 0) is 26.7 Å². The molecule has 0 radical (unpaired) electrons. The summed E-state index contributed by atoms with van der Waals surface area (Å²) in [6, 6.07) is 0. The van der Waals surface area contributed by atoms with Gasteiger partial charge >= 0.3 is 0 Å². The van der Waals surface area contributed by atoms with Crippen molar-refractivity contribution in [1.82, 2.24) is 9.55 Å². The predicted octanol–water partition coefficient (Wildman–Crippen LogP) is 2.65. The SMILES string of the molecule is CCCc1nccn1CCC(C)(C)OC. The Bertz CT molecular complexity index is 292. The summed E-state index contributed by atoms with van der Waals surface area (Å²) in [5.74, 6) is 1.18. The van der Waals surface area contributed by atoms with Crippen molar-refractivity contribution in [1.29, 1.82) is 0 Å². The Hall–Kier alpha value is -0.830. The predicted molar refractivity (Wildman–Crippen MR) is 61.9 cm³/mol. The third kappa shape index (κ3) is 3.67. The number of imidazole rings is 1. The first-order valence-electron chi connectivity index (χ1n) is 5.64. The Morgan fingerprint density at radius 1 is 1.47 bits per heavy atom. The molecular formula is C12H22N2O. The van der Waals surface area contributed by atoms with Gasteiger partial charge in [0, 0.05) is 32.5 Å². The molecule has 0 aliphatic carbocycles. The van der Waals surface area contributed by atoms with Crippen molar-refractivity contribution in [2.24, 2.45) is 0 Å². The lowest BCUT2D eigenvalue weighted by molar-refractivity contribution is 0.0119. The van der Waals surface area contributed by atoms with E-state index in [0.717, 1.165) is 25.8 Å². The molecule has 0 atom stereocenters. The number of nitrogens with zero attached hydrogens (tertiary/aromatic N) is 2. The van der Waals surface area contributed by atoms with Crippen LogP contribution in [-0.2, 0) is 17.7 Å². The summed E-state index contributed by atoms with van der Waals surface area (Å²) >= 11 is 0. The highest BCUT2D eigenvalue weighted by Gasteiger charge is 2.16. The molecule has 3 nitrogen and oxygen atoms in total. The number of ether oxygens (including phenoxy) is 1. The van der Waals surface area contributed by atoms with E-state index in [0.29, 0.717) is 0 Å². The molecule has 1 aromatic heterocycles. The zero-order valence-corrected chi connectivity index (χ0v) is 10.3. The molecular weight excluding hydrogens is 188 g/mol. The van der Waals surface area contributed by atoms with Gasteiger partial charge in [0.15, 0.2) is 0 Å². The smallest absolute Gasteiger partial charge is 0.108 e. The van der Waals surface area contributed by atoms with E-state index in [1.807, 2.05) is 6.20 Å². The lowest BCUT2D eigenvalue weighted by Gasteiger charge is -2.23. The second kappa shape index (κ2) is 5.31. The van der Waals surface area contributed by atoms with Crippen LogP contribution >= 0.6 is 0 Å². The molecule has 1 rings (SSSR count). The quantitative estimate of drug-likeness (QED) is 0.721. The third-order valence-corrected chi connectivity index (χ3v) is 2.78. The molecule has 3 heteroatoms. The molecule has 15 heavy (non-hydrogen) atoms. The molecule has 86 valence electrons. The average Bonchev–Trinajstić information content (AvgIpc) is 2.64. The monoisotopic (exact) mass is 210 g/mol. The summed E-state index contributed by atoms with van der Waals surface area (Å²) in [5, 5.41) is 0. The van der Waals surface area contributed by atoms with Crippen molar-refractivity contribution < 1.29 is 4.74 Å². The van der Waals surface area contributed by atoms with Crippen molar-refractivity contribution in [2.45, 2.75) is 52.2 Å². The largest absolute Gasteiger partial charge is 0.379 e. The van der Waals surface area contributed by atoms with Crippen molar-refractivity contribution in [3.8, 4) is 0 Å². The Morgan fingerprint density at radius 2 is 2.20 bits per heavy atom. The van der Waals surface area contributed by atoms with Gasteiger partial charge in [-0.2, -0.15) is 0 Å². The van der Waals surface area contributed by atoms with Gasteiger partial charge in [-0.1, -0.05) is 6.92 Å². The lowest BCUT2D eigenvalue weighted by Crippen LogP contribution is -2.24. The summed E-state index contributed by atoms with van der Waals surface area (Å²) < 4.78 is 7.63. The van der Waals surface area contributed by atoms with Crippen molar-refractivity contribution in [3.05, 3.63) is 18.2 Å². The topological polar surface area (TPSA) is 27.1 Å². The van der Waals surface area contributed by atoms with E-state index >= 15 is 0 Å². The highest BCUT2D eigenvalue weighted by Crippen LogP contribution is 2.15. The van der Waals surface area contributed by atoms with E-state index in [2.05, 4.69) is 36.5 Å². The fraction of sp³-hybridized carbons (Fsp3) is 0.750. The van der Waals surface area contributed by atoms with E-state index in [4.69, 9.17) is 4.74 Å². The molecule has 0 aliphatic heterocycles. The second-order valence-corrected chi connectivity index (χ2v) is 4.50. The molecule has 0 saturated heterocycles. The number of aryl methyl sites for hydroxylation is 2. The molecule has 0 unspecified atom stereocenters. The van der Waals surface area contributed by atoms with Gasteiger partial charge in [0.2, 0.25) is 0 Å². The minimum atomic E-state index is -0.0479. The molecule has 0 spiro atoms. The van der Waals surface area contributed by atoms with Crippen LogP contribution in [0.25, 0.3) is 0 Å². The molecule has 0 aliphatic rings. The second-order valence-electron chi connectivity index (χ2n) is 4.50. The highest BCUT2D eigenvalue weighted by molar-refractivity contribution is 4.92. The molecule has 0 amide bonds. The van der Waals surface area contributed by atoms with E-state index in [9.17, 15) is 0 Å². The van der Waals surface area contributed by atoms with E-state index in [-0.39, 0.29) is 5.60 Å². The van der Waals surface area contributed by atoms with Gasteiger partial charge in [0.25, 0.3) is 0 Å². The molecule has 0 N–H and O–H groups in total. The van der Waals surface area contributed by atoms with Crippen LogP contribution in [0.4, 0.5) is 0 Å². The summed E-state index contributed by atoms with van der Waals surface area (Å²) in [6.07, 6.45) is 7.14. The number of aromatic nitrogens is 2. The van der Waals surface area contributed by atoms with Crippen LogP contribution in [-0.4, -0.2) is 22.3 Å². The van der Waals surface area contributed by atoms with Crippen LogP contribution in [0.2, 0.25) is 0 Å². The van der Waals surface area contributed by atoms with Crippen LogP contribution in [0.15, 0.2) is 12.4 Å². The van der Waals surface area contributed by atoms with Gasteiger partial charge in [-0.15, -0.1) is 0 Å². The standard InChI is InChI=1S/C12H22N2O/c1-5-6-11-13-8-10-14(11)9-7-12(2,3)15-4/h8,10H,5-7,9H2,1-4H3. The van der Waals surface area contributed by atoms with E-state index < -0.39 is 0 Å².